The van der Waals surface area contributed by atoms with Gasteiger partial charge in [-0.05, 0) is 25.7 Å². The monoisotopic (exact) mass is 948 g/mol. The van der Waals surface area contributed by atoms with Crippen LogP contribution in [0.2, 0.25) is 0 Å². The number of esters is 1. The van der Waals surface area contributed by atoms with Gasteiger partial charge in [0.1, 0.15) is 0 Å². The number of amides is 1. The Morgan fingerprint density at radius 1 is 0.358 bits per heavy atom. The van der Waals surface area contributed by atoms with Crippen LogP contribution >= 0.6 is 0 Å². The van der Waals surface area contributed by atoms with Gasteiger partial charge in [0, 0.05) is 12.8 Å². The van der Waals surface area contributed by atoms with E-state index in [-0.39, 0.29) is 18.5 Å². The van der Waals surface area contributed by atoms with Crippen LogP contribution in [0, 0.1) is 0 Å². The summed E-state index contributed by atoms with van der Waals surface area (Å²) in [5.41, 5.74) is 0. The first-order chi connectivity index (χ1) is 33.0. The highest BCUT2D eigenvalue weighted by molar-refractivity contribution is 5.76. The van der Waals surface area contributed by atoms with E-state index in [0.717, 1.165) is 57.8 Å². The zero-order valence-corrected chi connectivity index (χ0v) is 45.7. The molecule has 0 rings (SSSR count). The van der Waals surface area contributed by atoms with Gasteiger partial charge in [0.2, 0.25) is 5.91 Å². The summed E-state index contributed by atoms with van der Waals surface area (Å²) in [6.07, 6.45) is 66.7. The summed E-state index contributed by atoms with van der Waals surface area (Å²) in [6, 6.07) is -0.552. The smallest absolute Gasteiger partial charge is 0.305 e. The molecule has 0 aliphatic heterocycles. The summed E-state index contributed by atoms with van der Waals surface area (Å²) in [7, 11) is 0. The highest BCUT2D eigenvalue weighted by Gasteiger charge is 2.20. The van der Waals surface area contributed by atoms with Crippen LogP contribution in [0.5, 0.6) is 0 Å². The minimum absolute atomic E-state index is 0.00292. The Hall–Kier alpha value is -1.14. The molecule has 0 aromatic rings. The third-order valence-corrected chi connectivity index (χ3v) is 14.7. The van der Waals surface area contributed by atoms with Gasteiger partial charge in [-0.25, -0.2) is 0 Å². The number of rotatable bonds is 58. The summed E-state index contributed by atoms with van der Waals surface area (Å²) in [5.74, 6) is -0.0488. The zero-order chi connectivity index (χ0) is 48.6. The Kier molecular flexibility index (Phi) is 56.5. The number of ether oxygens (including phenoxy) is 1. The average molecular weight is 949 g/mol. The first-order valence-corrected chi connectivity index (χ1v) is 30.8. The number of hydrogen-bond acceptors (Lipinski definition) is 5. The van der Waals surface area contributed by atoms with E-state index in [9.17, 15) is 19.8 Å². The van der Waals surface area contributed by atoms with Gasteiger partial charge < -0.3 is 20.3 Å². The van der Waals surface area contributed by atoms with E-state index in [1.165, 1.54) is 263 Å². The minimum Gasteiger partial charge on any atom is -0.466 e. The Morgan fingerprint density at radius 3 is 0.910 bits per heavy atom. The lowest BCUT2D eigenvalue weighted by atomic mass is 10.0. The predicted octanol–water partition coefficient (Wildman–Crippen LogP) is 19.1. The second-order valence-corrected chi connectivity index (χ2v) is 21.4. The standard InChI is InChI=1S/C61H121NO5/c1-3-5-7-9-11-13-15-17-19-21-23-25-27-29-33-37-41-45-49-53-59(64)58(57-63)62-60(65)54-50-46-42-38-34-31-32-36-40-44-48-52-56-67-61(66)55-51-47-43-39-35-30-28-26-24-22-20-18-16-14-12-10-8-6-4-2/h58-59,63-64H,3-57H2,1-2H3,(H,62,65). The van der Waals surface area contributed by atoms with Crippen molar-refractivity contribution in [1.82, 2.24) is 5.32 Å². The fourth-order valence-electron chi connectivity index (χ4n) is 9.94. The van der Waals surface area contributed by atoms with E-state index in [1.54, 1.807) is 0 Å². The van der Waals surface area contributed by atoms with E-state index in [0.29, 0.717) is 25.9 Å². The number of hydrogen-bond donors (Lipinski definition) is 3. The third kappa shape index (κ3) is 54.0. The number of nitrogens with one attached hydrogen (secondary N) is 1. The van der Waals surface area contributed by atoms with E-state index in [4.69, 9.17) is 4.74 Å². The maximum atomic E-state index is 12.5. The molecule has 400 valence electrons. The molecular weight excluding hydrogens is 827 g/mol. The molecule has 0 aromatic carbocycles. The van der Waals surface area contributed by atoms with Crippen molar-refractivity contribution in [2.75, 3.05) is 13.2 Å². The molecule has 67 heavy (non-hydrogen) atoms. The molecule has 6 heteroatoms. The van der Waals surface area contributed by atoms with Crippen LogP contribution in [0.1, 0.15) is 354 Å². The van der Waals surface area contributed by atoms with Gasteiger partial charge in [0.05, 0.1) is 25.4 Å². The lowest BCUT2D eigenvalue weighted by molar-refractivity contribution is -0.143. The summed E-state index contributed by atoms with van der Waals surface area (Å²) < 4.78 is 5.49. The van der Waals surface area contributed by atoms with Crippen LogP contribution in [-0.4, -0.2) is 47.4 Å². The maximum absolute atomic E-state index is 12.5. The molecule has 1 amide bonds. The molecule has 0 spiro atoms. The average Bonchev–Trinajstić information content (AvgIpc) is 3.33. The van der Waals surface area contributed by atoms with E-state index >= 15 is 0 Å². The largest absolute Gasteiger partial charge is 0.466 e. The van der Waals surface area contributed by atoms with Crippen molar-refractivity contribution in [3.63, 3.8) is 0 Å². The quantitative estimate of drug-likeness (QED) is 0.0417. The molecule has 6 nitrogen and oxygen atoms in total. The molecule has 0 fully saturated rings. The van der Waals surface area contributed by atoms with Crippen LogP contribution in [0.15, 0.2) is 0 Å². The van der Waals surface area contributed by atoms with Crippen molar-refractivity contribution in [3.05, 3.63) is 0 Å². The molecule has 0 saturated heterocycles. The van der Waals surface area contributed by atoms with Gasteiger partial charge in [-0.3, -0.25) is 9.59 Å². The first-order valence-electron chi connectivity index (χ1n) is 30.8. The van der Waals surface area contributed by atoms with Gasteiger partial charge >= 0.3 is 5.97 Å². The van der Waals surface area contributed by atoms with Gasteiger partial charge in [-0.15, -0.1) is 0 Å². The molecule has 2 atom stereocenters. The molecule has 0 bridgehead atoms. The van der Waals surface area contributed by atoms with Crippen molar-refractivity contribution >= 4 is 11.9 Å². The third-order valence-electron chi connectivity index (χ3n) is 14.7. The molecule has 0 aliphatic rings. The van der Waals surface area contributed by atoms with Crippen molar-refractivity contribution < 1.29 is 24.5 Å². The Bertz CT molecular complexity index is 959. The SMILES string of the molecule is CCCCCCCCCCCCCCCCCCCCCC(=O)OCCCCCCCCCCCCCCC(=O)NC(CO)C(O)CCCCCCCCCCCCCCCCCCCCC. The molecule has 0 heterocycles. The van der Waals surface area contributed by atoms with Gasteiger partial charge in [-0.1, -0.05) is 316 Å². The maximum Gasteiger partial charge on any atom is 0.305 e. The fraction of sp³-hybridized carbons (Fsp3) is 0.967. The summed E-state index contributed by atoms with van der Waals surface area (Å²) in [4.78, 5) is 24.6. The number of aliphatic hydroxyl groups is 2. The van der Waals surface area contributed by atoms with Crippen LogP contribution in [-0.2, 0) is 14.3 Å². The topological polar surface area (TPSA) is 95.9 Å². The fourth-order valence-corrected chi connectivity index (χ4v) is 9.94. The number of carbonyl (C=O) groups excluding carboxylic acids is 2. The van der Waals surface area contributed by atoms with Crippen LogP contribution in [0.25, 0.3) is 0 Å². The van der Waals surface area contributed by atoms with Crippen molar-refractivity contribution in [3.8, 4) is 0 Å². The van der Waals surface area contributed by atoms with Crippen molar-refractivity contribution in [2.45, 2.75) is 366 Å². The highest BCUT2D eigenvalue weighted by atomic mass is 16.5. The van der Waals surface area contributed by atoms with Crippen LogP contribution in [0.4, 0.5) is 0 Å². The molecule has 0 saturated carbocycles. The Balaban J connectivity index is 3.41. The van der Waals surface area contributed by atoms with Crippen LogP contribution in [0.3, 0.4) is 0 Å². The van der Waals surface area contributed by atoms with E-state index < -0.39 is 12.1 Å². The lowest BCUT2D eigenvalue weighted by Crippen LogP contribution is -2.45. The van der Waals surface area contributed by atoms with E-state index in [2.05, 4.69) is 19.2 Å². The van der Waals surface area contributed by atoms with Crippen LogP contribution < -0.4 is 5.32 Å². The second-order valence-electron chi connectivity index (χ2n) is 21.4. The summed E-state index contributed by atoms with van der Waals surface area (Å²) >= 11 is 0. The number of carbonyl (C=O) groups is 2. The molecule has 0 radical (unpaired) electrons. The Labute approximate surface area is 419 Å². The molecule has 3 N–H and O–H groups in total. The minimum atomic E-state index is -0.674. The van der Waals surface area contributed by atoms with Gasteiger partial charge in [0.25, 0.3) is 0 Å². The van der Waals surface area contributed by atoms with Crippen molar-refractivity contribution in [1.29, 1.82) is 0 Å². The molecule has 0 aliphatic carbocycles. The summed E-state index contributed by atoms with van der Waals surface area (Å²) in [6.45, 7) is 4.96. The van der Waals surface area contributed by atoms with Gasteiger partial charge in [0.15, 0.2) is 0 Å². The van der Waals surface area contributed by atoms with E-state index in [1.807, 2.05) is 0 Å². The normalized spacial score (nSPS) is 12.5. The highest BCUT2D eigenvalue weighted by Crippen LogP contribution is 2.18. The molecule has 0 aromatic heterocycles. The second kappa shape index (κ2) is 57.4. The first kappa shape index (κ1) is 65.9. The van der Waals surface area contributed by atoms with Crippen molar-refractivity contribution in [2.24, 2.45) is 0 Å². The molecular formula is C61H121NO5. The lowest BCUT2D eigenvalue weighted by Gasteiger charge is -2.22. The Morgan fingerprint density at radius 2 is 0.612 bits per heavy atom. The zero-order valence-electron chi connectivity index (χ0n) is 45.7. The number of unbranched alkanes of at least 4 members (excludes halogenated alkanes) is 47. The predicted molar refractivity (Wildman–Crippen MR) is 292 cm³/mol. The van der Waals surface area contributed by atoms with Gasteiger partial charge in [-0.2, -0.15) is 0 Å². The molecule has 2 unspecified atom stereocenters. The number of aliphatic hydroxyl groups excluding tert-OH is 2. The summed E-state index contributed by atoms with van der Waals surface area (Å²) in [5, 5.41) is 23.3.